The van der Waals surface area contributed by atoms with Crippen LogP contribution >= 0.6 is 0 Å². The number of para-hydroxylation sites is 1. The Morgan fingerprint density at radius 2 is 2.05 bits per heavy atom. The third-order valence-corrected chi connectivity index (χ3v) is 4.03. The number of rotatable bonds is 5. The van der Waals surface area contributed by atoms with Crippen LogP contribution in [0, 0.1) is 27.8 Å². The number of nitrogens with one attached hydrogen (secondary N) is 1. The predicted octanol–water partition coefficient (Wildman–Crippen LogP) is 2.94. The molecule has 0 aliphatic heterocycles. The molecule has 1 aliphatic carbocycles. The molecule has 0 saturated heterocycles. The minimum Gasteiger partial charge on any atom is -0.396 e. The second-order valence-corrected chi connectivity index (χ2v) is 5.26. The SMILES string of the molecule is O=[N+]([O-])c1c(F)cccc1NCC1CCCCC1CO. The quantitative estimate of drug-likeness (QED) is 0.643. The molecule has 1 aromatic carbocycles. The highest BCUT2D eigenvalue weighted by Crippen LogP contribution is 2.32. The molecule has 20 heavy (non-hydrogen) atoms. The standard InChI is InChI=1S/C14H19FN2O3/c15-12-6-3-7-13(14(12)17(19)20)16-8-10-4-1-2-5-11(10)9-18/h3,6-7,10-11,16,18H,1-2,4-5,8-9H2. The molecule has 0 radical (unpaired) electrons. The molecule has 0 amide bonds. The summed E-state index contributed by atoms with van der Waals surface area (Å²) in [5, 5.41) is 23.2. The number of aliphatic hydroxyl groups is 1. The van der Waals surface area contributed by atoms with E-state index in [0.29, 0.717) is 6.54 Å². The fraction of sp³-hybridized carbons (Fsp3) is 0.571. The van der Waals surface area contributed by atoms with Gasteiger partial charge in [0, 0.05) is 13.2 Å². The van der Waals surface area contributed by atoms with Crippen LogP contribution in [0.15, 0.2) is 18.2 Å². The van der Waals surface area contributed by atoms with Gasteiger partial charge in [-0.05, 0) is 36.8 Å². The van der Waals surface area contributed by atoms with Gasteiger partial charge in [-0.3, -0.25) is 10.1 Å². The van der Waals surface area contributed by atoms with Crippen LogP contribution in [0.4, 0.5) is 15.8 Å². The number of hydrogen-bond acceptors (Lipinski definition) is 4. The Morgan fingerprint density at radius 3 is 2.70 bits per heavy atom. The van der Waals surface area contributed by atoms with Crippen molar-refractivity contribution in [3.63, 3.8) is 0 Å². The van der Waals surface area contributed by atoms with Crippen LogP contribution in [-0.2, 0) is 0 Å². The van der Waals surface area contributed by atoms with Crippen LogP contribution in [0.5, 0.6) is 0 Å². The van der Waals surface area contributed by atoms with Crippen molar-refractivity contribution in [3.8, 4) is 0 Å². The summed E-state index contributed by atoms with van der Waals surface area (Å²) < 4.78 is 13.5. The molecule has 1 aromatic rings. The van der Waals surface area contributed by atoms with E-state index in [0.717, 1.165) is 31.7 Å². The lowest BCUT2D eigenvalue weighted by atomic mass is 9.79. The Morgan fingerprint density at radius 1 is 1.35 bits per heavy atom. The predicted molar refractivity (Wildman–Crippen MR) is 74.1 cm³/mol. The van der Waals surface area contributed by atoms with Crippen molar-refractivity contribution >= 4 is 11.4 Å². The minimum absolute atomic E-state index is 0.136. The van der Waals surface area contributed by atoms with Crippen molar-refractivity contribution < 1.29 is 14.4 Å². The number of hydrogen-bond donors (Lipinski definition) is 2. The molecule has 1 fully saturated rings. The smallest absolute Gasteiger partial charge is 0.327 e. The van der Waals surface area contributed by atoms with Crippen molar-refractivity contribution in [2.45, 2.75) is 25.7 Å². The van der Waals surface area contributed by atoms with Gasteiger partial charge in [0.2, 0.25) is 5.82 Å². The largest absolute Gasteiger partial charge is 0.396 e. The van der Waals surface area contributed by atoms with E-state index in [2.05, 4.69) is 5.32 Å². The molecule has 0 bridgehead atoms. The summed E-state index contributed by atoms with van der Waals surface area (Å²) in [7, 11) is 0. The van der Waals surface area contributed by atoms with Gasteiger partial charge in [-0.25, -0.2) is 0 Å². The van der Waals surface area contributed by atoms with E-state index in [1.54, 1.807) is 0 Å². The molecule has 0 heterocycles. The first kappa shape index (κ1) is 14.7. The van der Waals surface area contributed by atoms with Crippen molar-refractivity contribution in [1.82, 2.24) is 0 Å². The lowest BCUT2D eigenvalue weighted by Crippen LogP contribution is -2.28. The first-order valence-electron chi connectivity index (χ1n) is 6.91. The van der Waals surface area contributed by atoms with E-state index in [4.69, 9.17) is 0 Å². The molecule has 6 heteroatoms. The van der Waals surface area contributed by atoms with Gasteiger partial charge in [-0.1, -0.05) is 18.9 Å². The zero-order chi connectivity index (χ0) is 14.5. The normalized spacial score (nSPS) is 22.5. The van der Waals surface area contributed by atoms with Crippen LogP contribution in [0.25, 0.3) is 0 Å². The van der Waals surface area contributed by atoms with E-state index in [1.807, 2.05) is 0 Å². The molecule has 1 saturated carbocycles. The van der Waals surface area contributed by atoms with Gasteiger partial charge < -0.3 is 10.4 Å². The molecule has 2 atom stereocenters. The van der Waals surface area contributed by atoms with E-state index in [1.165, 1.54) is 12.1 Å². The van der Waals surface area contributed by atoms with Gasteiger partial charge in [-0.15, -0.1) is 0 Å². The van der Waals surface area contributed by atoms with Gasteiger partial charge in [0.15, 0.2) is 0 Å². The summed E-state index contributed by atoms with van der Waals surface area (Å²) in [6, 6.07) is 4.05. The minimum atomic E-state index is -0.831. The Balaban J connectivity index is 2.07. The van der Waals surface area contributed by atoms with Crippen molar-refractivity contribution in [2.75, 3.05) is 18.5 Å². The first-order valence-corrected chi connectivity index (χ1v) is 6.91. The lowest BCUT2D eigenvalue weighted by molar-refractivity contribution is -0.386. The number of nitro groups is 1. The maximum absolute atomic E-state index is 13.5. The third kappa shape index (κ3) is 3.25. The highest BCUT2D eigenvalue weighted by Gasteiger charge is 2.26. The molecular formula is C14H19FN2O3. The number of nitrogens with zero attached hydrogens (tertiary/aromatic N) is 1. The van der Waals surface area contributed by atoms with Gasteiger partial charge in [0.05, 0.1) is 4.92 Å². The molecule has 110 valence electrons. The van der Waals surface area contributed by atoms with E-state index >= 15 is 0 Å². The first-order chi connectivity index (χ1) is 9.63. The molecular weight excluding hydrogens is 263 g/mol. The van der Waals surface area contributed by atoms with Crippen molar-refractivity contribution in [1.29, 1.82) is 0 Å². The average Bonchev–Trinajstić information content (AvgIpc) is 2.45. The molecule has 5 nitrogen and oxygen atoms in total. The number of aliphatic hydroxyl groups excluding tert-OH is 1. The van der Waals surface area contributed by atoms with Crippen molar-refractivity contribution in [3.05, 3.63) is 34.1 Å². The molecule has 1 aliphatic rings. The maximum atomic E-state index is 13.5. The van der Waals surface area contributed by atoms with Gasteiger partial charge in [-0.2, -0.15) is 4.39 Å². The number of anilines is 1. The number of benzene rings is 1. The highest BCUT2D eigenvalue weighted by atomic mass is 19.1. The second-order valence-electron chi connectivity index (χ2n) is 5.26. The van der Waals surface area contributed by atoms with E-state index in [9.17, 15) is 19.6 Å². The van der Waals surface area contributed by atoms with Gasteiger partial charge >= 0.3 is 5.69 Å². The molecule has 2 unspecified atom stereocenters. The summed E-state index contributed by atoms with van der Waals surface area (Å²) in [5.41, 5.74) is -0.305. The zero-order valence-corrected chi connectivity index (χ0v) is 11.2. The lowest BCUT2D eigenvalue weighted by Gasteiger charge is -2.30. The van der Waals surface area contributed by atoms with Crippen LogP contribution in [0.1, 0.15) is 25.7 Å². The Bertz CT molecular complexity index is 481. The fourth-order valence-corrected chi connectivity index (χ4v) is 2.88. The van der Waals surface area contributed by atoms with Crippen LogP contribution in [-0.4, -0.2) is 23.2 Å². The second kappa shape index (κ2) is 6.65. The summed E-state index contributed by atoms with van der Waals surface area (Å²) in [5.74, 6) is -0.331. The molecule has 2 rings (SSSR count). The zero-order valence-electron chi connectivity index (χ0n) is 11.2. The number of nitro benzene ring substituents is 1. The number of halogens is 1. The van der Waals surface area contributed by atoms with Crippen molar-refractivity contribution in [2.24, 2.45) is 11.8 Å². The molecule has 0 spiro atoms. The Labute approximate surface area is 117 Å². The average molecular weight is 282 g/mol. The maximum Gasteiger partial charge on any atom is 0.327 e. The van der Waals surface area contributed by atoms with Gasteiger partial charge in [0.1, 0.15) is 5.69 Å². The van der Waals surface area contributed by atoms with Crippen LogP contribution in [0.3, 0.4) is 0 Å². The summed E-state index contributed by atoms with van der Waals surface area (Å²) in [6.45, 7) is 0.660. The van der Waals surface area contributed by atoms with Crippen LogP contribution < -0.4 is 5.32 Å². The third-order valence-electron chi connectivity index (χ3n) is 4.03. The summed E-state index contributed by atoms with van der Waals surface area (Å²) in [4.78, 5) is 10.2. The monoisotopic (exact) mass is 282 g/mol. The van der Waals surface area contributed by atoms with Crippen LogP contribution in [0.2, 0.25) is 0 Å². The molecule has 0 aromatic heterocycles. The highest BCUT2D eigenvalue weighted by molar-refractivity contribution is 5.61. The van der Waals surface area contributed by atoms with Gasteiger partial charge in [0.25, 0.3) is 0 Å². The summed E-state index contributed by atoms with van der Waals surface area (Å²) >= 11 is 0. The Kier molecular flexibility index (Phi) is 4.89. The summed E-state index contributed by atoms with van der Waals surface area (Å²) in [6.07, 6.45) is 4.19. The fourth-order valence-electron chi connectivity index (χ4n) is 2.88. The Hall–Kier alpha value is -1.69. The topological polar surface area (TPSA) is 75.4 Å². The molecule has 2 N–H and O–H groups in total. The van der Waals surface area contributed by atoms with E-state index in [-0.39, 0.29) is 24.1 Å². The van der Waals surface area contributed by atoms with E-state index < -0.39 is 16.4 Å².